The molecular formula is C15H18N2O4. The number of rotatable bonds is 3. The van der Waals surface area contributed by atoms with Crippen LogP contribution < -0.4 is 5.32 Å². The highest BCUT2D eigenvalue weighted by Gasteiger charge is 2.28. The van der Waals surface area contributed by atoms with E-state index >= 15 is 0 Å². The van der Waals surface area contributed by atoms with Crippen LogP contribution >= 0.6 is 0 Å². The number of likely N-dealkylation sites (tertiary alicyclic amines) is 1. The fourth-order valence-electron chi connectivity index (χ4n) is 2.48. The molecule has 6 heteroatoms. The quantitative estimate of drug-likeness (QED) is 0.869. The van der Waals surface area contributed by atoms with Crippen molar-refractivity contribution in [1.29, 1.82) is 0 Å². The van der Waals surface area contributed by atoms with Gasteiger partial charge in [-0.15, -0.1) is 0 Å². The largest absolute Gasteiger partial charge is 0.481 e. The SMILES string of the molecule is CNC(=O)c1cccc(C(=O)N2CCC[C@@H](C(=O)O)C2)c1. The summed E-state index contributed by atoms with van der Waals surface area (Å²) in [6.45, 7) is 0.769. The van der Waals surface area contributed by atoms with E-state index in [1.165, 1.54) is 13.1 Å². The van der Waals surface area contributed by atoms with Gasteiger partial charge in [-0.05, 0) is 31.0 Å². The highest BCUT2D eigenvalue weighted by molar-refractivity contribution is 5.99. The second-order valence-corrected chi connectivity index (χ2v) is 5.09. The summed E-state index contributed by atoms with van der Waals surface area (Å²) in [7, 11) is 1.53. The lowest BCUT2D eigenvalue weighted by molar-refractivity contribution is -0.143. The number of hydrogen-bond acceptors (Lipinski definition) is 3. The second-order valence-electron chi connectivity index (χ2n) is 5.09. The molecule has 1 aromatic carbocycles. The number of hydrogen-bond donors (Lipinski definition) is 2. The summed E-state index contributed by atoms with van der Waals surface area (Å²) in [6.07, 6.45) is 1.27. The van der Waals surface area contributed by atoms with Crippen LogP contribution in [0.25, 0.3) is 0 Å². The van der Waals surface area contributed by atoms with Crippen LogP contribution in [-0.2, 0) is 4.79 Å². The second kappa shape index (κ2) is 6.39. The number of aliphatic carboxylic acids is 1. The third-order valence-corrected chi connectivity index (χ3v) is 3.66. The number of benzene rings is 1. The predicted octanol–water partition coefficient (Wildman–Crippen LogP) is 0.983. The minimum atomic E-state index is -0.869. The van der Waals surface area contributed by atoms with Crippen molar-refractivity contribution in [3.8, 4) is 0 Å². The molecule has 6 nitrogen and oxygen atoms in total. The van der Waals surface area contributed by atoms with E-state index in [4.69, 9.17) is 5.11 Å². The van der Waals surface area contributed by atoms with Crippen molar-refractivity contribution in [1.82, 2.24) is 10.2 Å². The molecule has 21 heavy (non-hydrogen) atoms. The highest BCUT2D eigenvalue weighted by Crippen LogP contribution is 2.19. The van der Waals surface area contributed by atoms with E-state index in [1.807, 2.05) is 0 Å². The lowest BCUT2D eigenvalue weighted by Crippen LogP contribution is -2.42. The molecule has 1 aromatic rings. The Morgan fingerprint density at radius 3 is 2.67 bits per heavy atom. The molecule has 112 valence electrons. The number of carboxylic acid groups (broad SMARTS) is 1. The third-order valence-electron chi connectivity index (χ3n) is 3.66. The topological polar surface area (TPSA) is 86.7 Å². The molecular weight excluding hydrogens is 272 g/mol. The lowest BCUT2D eigenvalue weighted by atomic mass is 9.97. The lowest BCUT2D eigenvalue weighted by Gasteiger charge is -2.30. The van der Waals surface area contributed by atoms with Crippen LogP contribution in [-0.4, -0.2) is 47.9 Å². The zero-order valence-electron chi connectivity index (χ0n) is 11.8. The summed E-state index contributed by atoms with van der Waals surface area (Å²) >= 11 is 0. The third kappa shape index (κ3) is 3.39. The molecule has 1 atom stereocenters. The average Bonchev–Trinajstić information content (AvgIpc) is 2.53. The molecule has 0 bridgehead atoms. The van der Waals surface area contributed by atoms with Crippen LogP contribution in [0, 0.1) is 5.92 Å². The van der Waals surface area contributed by atoms with Gasteiger partial charge in [0.25, 0.3) is 11.8 Å². The summed E-state index contributed by atoms with van der Waals surface area (Å²) in [5.74, 6) is -1.87. The zero-order valence-corrected chi connectivity index (χ0v) is 11.8. The highest BCUT2D eigenvalue weighted by atomic mass is 16.4. The fourth-order valence-corrected chi connectivity index (χ4v) is 2.48. The van der Waals surface area contributed by atoms with Crippen LogP contribution in [0.4, 0.5) is 0 Å². The van der Waals surface area contributed by atoms with Gasteiger partial charge in [0.05, 0.1) is 5.92 Å². The number of carboxylic acids is 1. The van der Waals surface area contributed by atoms with E-state index in [2.05, 4.69) is 5.32 Å². The summed E-state index contributed by atoms with van der Waals surface area (Å²) < 4.78 is 0. The van der Waals surface area contributed by atoms with Crippen molar-refractivity contribution in [3.63, 3.8) is 0 Å². The van der Waals surface area contributed by atoms with E-state index < -0.39 is 11.9 Å². The molecule has 1 saturated heterocycles. The predicted molar refractivity (Wildman–Crippen MR) is 76.1 cm³/mol. The van der Waals surface area contributed by atoms with Crippen molar-refractivity contribution in [2.75, 3.05) is 20.1 Å². The maximum absolute atomic E-state index is 12.4. The molecule has 1 aliphatic rings. The maximum atomic E-state index is 12.4. The Kier molecular flexibility index (Phi) is 4.57. The van der Waals surface area contributed by atoms with E-state index in [1.54, 1.807) is 23.1 Å². The van der Waals surface area contributed by atoms with E-state index in [0.29, 0.717) is 30.5 Å². The smallest absolute Gasteiger partial charge is 0.308 e. The van der Waals surface area contributed by atoms with E-state index in [0.717, 1.165) is 0 Å². The number of carbonyl (C=O) groups is 3. The minimum absolute atomic E-state index is 0.221. The fraction of sp³-hybridized carbons (Fsp3) is 0.400. The first-order chi connectivity index (χ1) is 10.0. The van der Waals surface area contributed by atoms with Gasteiger partial charge in [-0.2, -0.15) is 0 Å². The zero-order chi connectivity index (χ0) is 15.4. The average molecular weight is 290 g/mol. The van der Waals surface area contributed by atoms with Gasteiger partial charge < -0.3 is 15.3 Å². The monoisotopic (exact) mass is 290 g/mol. The summed E-state index contributed by atoms with van der Waals surface area (Å²) in [4.78, 5) is 36.6. The number of nitrogens with zero attached hydrogens (tertiary/aromatic N) is 1. The van der Waals surface area contributed by atoms with Gasteiger partial charge in [0.15, 0.2) is 0 Å². The van der Waals surface area contributed by atoms with Gasteiger partial charge in [-0.3, -0.25) is 14.4 Å². The van der Waals surface area contributed by atoms with Crippen molar-refractivity contribution in [2.24, 2.45) is 5.92 Å². The Bertz CT molecular complexity index is 571. The number of nitrogens with one attached hydrogen (secondary N) is 1. The number of amides is 2. The van der Waals surface area contributed by atoms with Crippen molar-refractivity contribution < 1.29 is 19.5 Å². The Morgan fingerprint density at radius 1 is 1.29 bits per heavy atom. The summed E-state index contributed by atoms with van der Waals surface area (Å²) in [6, 6.07) is 6.45. The molecule has 1 heterocycles. The van der Waals surface area contributed by atoms with Crippen molar-refractivity contribution in [2.45, 2.75) is 12.8 Å². The Balaban J connectivity index is 2.16. The molecule has 0 saturated carbocycles. The van der Waals surface area contributed by atoms with Gasteiger partial charge in [0.2, 0.25) is 0 Å². The van der Waals surface area contributed by atoms with Crippen LogP contribution in [0.2, 0.25) is 0 Å². The molecule has 1 fully saturated rings. The van der Waals surface area contributed by atoms with Crippen LogP contribution in [0.15, 0.2) is 24.3 Å². The Hall–Kier alpha value is -2.37. The number of piperidine rings is 1. The van der Waals surface area contributed by atoms with Crippen molar-refractivity contribution in [3.05, 3.63) is 35.4 Å². The first-order valence-corrected chi connectivity index (χ1v) is 6.87. The van der Waals surface area contributed by atoms with E-state index in [-0.39, 0.29) is 18.4 Å². The first-order valence-electron chi connectivity index (χ1n) is 6.87. The normalized spacial score (nSPS) is 18.1. The van der Waals surface area contributed by atoms with Gasteiger partial charge in [0.1, 0.15) is 0 Å². The Labute approximate surface area is 122 Å². The van der Waals surface area contributed by atoms with Gasteiger partial charge in [0, 0.05) is 31.3 Å². The molecule has 0 aromatic heterocycles. The molecule has 0 unspecified atom stereocenters. The maximum Gasteiger partial charge on any atom is 0.308 e. The summed E-state index contributed by atoms with van der Waals surface area (Å²) in [5, 5.41) is 11.6. The molecule has 1 aliphatic heterocycles. The molecule has 0 radical (unpaired) electrons. The van der Waals surface area contributed by atoms with Crippen LogP contribution in [0.5, 0.6) is 0 Å². The van der Waals surface area contributed by atoms with Gasteiger partial charge in [-0.1, -0.05) is 6.07 Å². The summed E-state index contributed by atoms with van der Waals surface area (Å²) in [5.41, 5.74) is 0.817. The standard InChI is InChI=1S/C15H18N2O4/c1-16-13(18)10-4-2-5-11(8-10)14(19)17-7-3-6-12(9-17)15(20)21/h2,4-5,8,12H,3,6-7,9H2,1H3,(H,16,18)(H,20,21)/t12-/m1/s1. The van der Waals surface area contributed by atoms with Crippen LogP contribution in [0.3, 0.4) is 0 Å². The number of carbonyl (C=O) groups excluding carboxylic acids is 2. The first kappa shape index (κ1) is 15.0. The molecule has 2 amide bonds. The Morgan fingerprint density at radius 2 is 2.00 bits per heavy atom. The van der Waals surface area contributed by atoms with Gasteiger partial charge in [-0.25, -0.2) is 0 Å². The molecule has 0 aliphatic carbocycles. The van der Waals surface area contributed by atoms with Gasteiger partial charge >= 0.3 is 5.97 Å². The molecule has 2 rings (SSSR count). The van der Waals surface area contributed by atoms with E-state index in [9.17, 15) is 14.4 Å². The minimum Gasteiger partial charge on any atom is -0.481 e. The van der Waals surface area contributed by atoms with Crippen molar-refractivity contribution >= 4 is 17.8 Å². The molecule has 0 spiro atoms. The van der Waals surface area contributed by atoms with Crippen LogP contribution in [0.1, 0.15) is 33.6 Å². The molecule has 2 N–H and O–H groups in total.